The number of methoxy groups -OCH3 is 1. The Kier molecular flexibility index (Phi) is 6.22. The smallest absolute Gasteiger partial charge is 0.235 e. The summed E-state index contributed by atoms with van der Waals surface area (Å²) in [4.78, 5) is 30.1. The Morgan fingerprint density at radius 3 is 2.44 bits per heavy atom. The van der Waals surface area contributed by atoms with Crippen LogP contribution in [0.2, 0.25) is 5.02 Å². The van der Waals surface area contributed by atoms with Gasteiger partial charge in [0.25, 0.3) is 0 Å². The number of piperazine rings is 1. The molecule has 0 atom stereocenters. The number of carbonyl (C=O) groups excluding carboxylic acids is 1. The van der Waals surface area contributed by atoms with Gasteiger partial charge in [-0.2, -0.15) is 0 Å². The largest absolute Gasteiger partial charge is 0.495 e. The highest BCUT2D eigenvalue weighted by molar-refractivity contribution is 6.32. The van der Waals surface area contributed by atoms with Gasteiger partial charge in [0.05, 0.1) is 23.5 Å². The number of likely N-dealkylation sites (N-methyl/N-ethyl adjacent to an activating group) is 1. The monoisotopic (exact) mass is 453 g/mol. The number of hydrogen-bond donors (Lipinski definition) is 1. The molecule has 4 rings (SSSR count). The predicted molar refractivity (Wildman–Crippen MR) is 126 cm³/mol. The molecule has 0 unspecified atom stereocenters. The molecule has 1 aliphatic rings. The number of pyridine rings is 1. The summed E-state index contributed by atoms with van der Waals surface area (Å²) in [5.41, 5.74) is 2.53. The maximum Gasteiger partial charge on any atom is 0.235 e. The van der Waals surface area contributed by atoms with E-state index < -0.39 is 5.41 Å². The fourth-order valence-electron chi connectivity index (χ4n) is 3.92. The summed E-state index contributed by atoms with van der Waals surface area (Å²) in [7, 11) is 3.66. The SMILES string of the molecule is COc1cc(-c2nc(C(C)(C)C(=O)N3CCN(C)CC3)[nH]c2-c2ccncc2)ccc1Cl. The van der Waals surface area contributed by atoms with E-state index in [9.17, 15) is 4.79 Å². The predicted octanol–water partition coefficient (Wildman–Crippen LogP) is 3.85. The molecule has 1 aromatic carbocycles. The Bertz CT molecular complexity index is 1100. The molecule has 3 aromatic rings. The summed E-state index contributed by atoms with van der Waals surface area (Å²) < 4.78 is 5.41. The van der Waals surface area contributed by atoms with Crippen LogP contribution in [0.15, 0.2) is 42.7 Å². The molecule has 0 bridgehead atoms. The highest BCUT2D eigenvalue weighted by Gasteiger charge is 2.38. The number of amides is 1. The fraction of sp³-hybridized carbons (Fsp3) is 0.375. The average molecular weight is 454 g/mol. The van der Waals surface area contributed by atoms with Gasteiger partial charge in [0, 0.05) is 49.7 Å². The van der Waals surface area contributed by atoms with Crippen molar-refractivity contribution in [2.45, 2.75) is 19.3 Å². The molecule has 0 spiro atoms. The molecule has 0 aliphatic carbocycles. The molecular formula is C24H28ClN5O2. The van der Waals surface area contributed by atoms with Crippen molar-refractivity contribution in [3.8, 4) is 28.3 Å². The van der Waals surface area contributed by atoms with Gasteiger partial charge in [0.2, 0.25) is 5.91 Å². The molecule has 1 aliphatic heterocycles. The van der Waals surface area contributed by atoms with Crippen LogP contribution in [0.4, 0.5) is 0 Å². The summed E-state index contributed by atoms with van der Waals surface area (Å²) in [5, 5.41) is 0.531. The molecule has 0 saturated carbocycles. The lowest BCUT2D eigenvalue weighted by atomic mass is 9.90. The summed E-state index contributed by atoms with van der Waals surface area (Å²) in [6, 6.07) is 9.40. The first-order valence-corrected chi connectivity index (χ1v) is 11.0. The highest BCUT2D eigenvalue weighted by atomic mass is 35.5. The van der Waals surface area contributed by atoms with Gasteiger partial charge >= 0.3 is 0 Å². The maximum absolute atomic E-state index is 13.5. The van der Waals surface area contributed by atoms with Gasteiger partial charge < -0.3 is 19.5 Å². The molecule has 32 heavy (non-hydrogen) atoms. The van der Waals surface area contributed by atoms with Crippen molar-refractivity contribution >= 4 is 17.5 Å². The summed E-state index contributed by atoms with van der Waals surface area (Å²) in [6.07, 6.45) is 3.48. The fourth-order valence-corrected chi connectivity index (χ4v) is 4.11. The van der Waals surface area contributed by atoms with Gasteiger partial charge in [-0.1, -0.05) is 17.7 Å². The highest BCUT2D eigenvalue weighted by Crippen LogP contribution is 2.37. The lowest BCUT2D eigenvalue weighted by Gasteiger charge is -2.36. The first kappa shape index (κ1) is 22.3. The zero-order valence-corrected chi connectivity index (χ0v) is 19.6. The molecule has 1 amide bonds. The Labute approximate surface area is 193 Å². The van der Waals surface area contributed by atoms with E-state index in [0.29, 0.717) is 16.6 Å². The number of nitrogens with one attached hydrogen (secondary N) is 1. The normalized spacial score (nSPS) is 15.1. The molecule has 1 fully saturated rings. The number of nitrogens with zero attached hydrogens (tertiary/aromatic N) is 4. The van der Waals surface area contributed by atoms with E-state index in [1.165, 1.54) is 0 Å². The minimum absolute atomic E-state index is 0.0702. The van der Waals surface area contributed by atoms with Crippen molar-refractivity contribution in [1.29, 1.82) is 0 Å². The number of benzene rings is 1. The van der Waals surface area contributed by atoms with Crippen molar-refractivity contribution in [2.75, 3.05) is 40.3 Å². The van der Waals surface area contributed by atoms with E-state index in [2.05, 4.69) is 21.9 Å². The zero-order valence-electron chi connectivity index (χ0n) is 18.9. The third kappa shape index (κ3) is 4.23. The minimum Gasteiger partial charge on any atom is -0.495 e. The Morgan fingerprint density at radius 2 is 1.78 bits per heavy atom. The number of halogens is 1. The van der Waals surface area contributed by atoms with Crippen molar-refractivity contribution in [3.63, 3.8) is 0 Å². The van der Waals surface area contributed by atoms with Crippen LogP contribution in [-0.2, 0) is 10.2 Å². The van der Waals surface area contributed by atoms with Gasteiger partial charge in [-0.15, -0.1) is 0 Å². The van der Waals surface area contributed by atoms with Crippen LogP contribution < -0.4 is 4.74 Å². The van der Waals surface area contributed by atoms with Crippen LogP contribution in [0.25, 0.3) is 22.5 Å². The molecule has 168 valence electrons. The molecule has 1 saturated heterocycles. The number of aromatic amines is 1. The van der Waals surface area contributed by atoms with E-state index in [4.69, 9.17) is 21.3 Å². The summed E-state index contributed by atoms with van der Waals surface area (Å²) in [6.45, 7) is 7.04. The molecule has 2 aromatic heterocycles. The lowest BCUT2D eigenvalue weighted by Crippen LogP contribution is -2.52. The number of carbonyl (C=O) groups is 1. The zero-order chi connectivity index (χ0) is 22.9. The molecule has 8 heteroatoms. The Morgan fingerprint density at radius 1 is 1.09 bits per heavy atom. The quantitative estimate of drug-likeness (QED) is 0.635. The molecule has 0 radical (unpaired) electrons. The number of hydrogen-bond acceptors (Lipinski definition) is 5. The Hall–Kier alpha value is -2.90. The van der Waals surface area contributed by atoms with Gasteiger partial charge in [0.15, 0.2) is 0 Å². The van der Waals surface area contributed by atoms with E-state index >= 15 is 0 Å². The van der Waals surface area contributed by atoms with E-state index in [1.807, 2.05) is 43.0 Å². The topological polar surface area (TPSA) is 74.3 Å². The van der Waals surface area contributed by atoms with Crippen molar-refractivity contribution < 1.29 is 9.53 Å². The van der Waals surface area contributed by atoms with Crippen LogP contribution in [0.3, 0.4) is 0 Å². The van der Waals surface area contributed by atoms with E-state index in [1.54, 1.807) is 25.6 Å². The van der Waals surface area contributed by atoms with E-state index in [-0.39, 0.29) is 5.91 Å². The lowest BCUT2D eigenvalue weighted by molar-refractivity contribution is -0.138. The van der Waals surface area contributed by atoms with Crippen LogP contribution in [0, 0.1) is 0 Å². The molecular weight excluding hydrogens is 426 g/mol. The van der Waals surface area contributed by atoms with Gasteiger partial charge in [0.1, 0.15) is 17.0 Å². The van der Waals surface area contributed by atoms with Gasteiger partial charge in [-0.3, -0.25) is 9.78 Å². The number of H-pyrrole nitrogens is 1. The van der Waals surface area contributed by atoms with E-state index in [0.717, 1.165) is 48.7 Å². The van der Waals surface area contributed by atoms with Gasteiger partial charge in [-0.25, -0.2) is 4.98 Å². The average Bonchev–Trinajstić information content (AvgIpc) is 3.26. The second kappa shape index (κ2) is 8.92. The third-order valence-corrected chi connectivity index (χ3v) is 6.33. The van der Waals surface area contributed by atoms with Crippen LogP contribution in [0.5, 0.6) is 5.75 Å². The first-order chi connectivity index (χ1) is 15.3. The van der Waals surface area contributed by atoms with Crippen molar-refractivity contribution in [3.05, 3.63) is 53.6 Å². The van der Waals surface area contributed by atoms with Crippen LogP contribution >= 0.6 is 11.6 Å². The standard InChI is InChI=1S/C24H28ClN5O2/c1-24(2,23(31)30-13-11-29(3)12-14-30)22-27-20(16-7-9-26-10-8-16)21(28-22)17-5-6-18(25)19(15-17)32-4/h5-10,15H,11-14H2,1-4H3,(H,27,28). The summed E-state index contributed by atoms with van der Waals surface area (Å²) >= 11 is 6.24. The second-order valence-corrected chi connectivity index (χ2v) is 9.02. The number of aromatic nitrogens is 3. The molecule has 1 N–H and O–H groups in total. The second-order valence-electron chi connectivity index (χ2n) is 8.61. The maximum atomic E-state index is 13.5. The minimum atomic E-state index is -0.813. The van der Waals surface area contributed by atoms with Gasteiger partial charge in [-0.05, 0) is 45.2 Å². The van der Waals surface area contributed by atoms with Crippen molar-refractivity contribution in [2.24, 2.45) is 0 Å². The molecule has 7 nitrogen and oxygen atoms in total. The summed E-state index contributed by atoms with van der Waals surface area (Å²) in [5.74, 6) is 1.26. The number of ether oxygens (including phenoxy) is 1. The van der Waals surface area contributed by atoms with Crippen LogP contribution in [-0.4, -0.2) is 71.0 Å². The van der Waals surface area contributed by atoms with Crippen LogP contribution in [0.1, 0.15) is 19.7 Å². The third-order valence-electron chi connectivity index (χ3n) is 6.01. The molecule has 3 heterocycles. The first-order valence-electron chi connectivity index (χ1n) is 10.6. The number of imidazole rings is 1. The Balaban J connectivity index is 1.78. The number of rotatable bonds is 5. The van der Waals surface area contributed by atoms with Crippen molar-refractivity contribution in [1.82, 2.24) is 24.8 Å².